The number of pyridine rings is 1. The van der Waals surface area contributed by atoms with Gasteiger partial charge in [-0.15, -0.1) is 5.11 Å². The Morgan fingerprint density at radius 2 is 2.12 bits per heavy atom. The summed E-state index contributed by atoms with van der Waals surface area (Å²) in [5.74, 6) is -0.494. The number of cyclic esters (lactones) is 1. The number of aromatic nitrogens is 1. The largest absolute Gasteiger partial charge is 0.453 e. The Morgan fingerprint density at radius 1 is 1.33 bits per heavy atom. The van der Waals surface area contributed by atoms with E-state index >= 15 is 4.39 Å². The number of ether oxygens (including phenoxy) is 2. The zero-order valence-corrected chi connectivity index (χ0v) is 18.6. The fourth-order valence-corrected chi connectivity index (χ4v) is 3.66. The predicted molar refractivity (Wildman–Crippen MR) is 116 cm³/mol. The molecule has 1 aromatic carbocycles. The molecule has 1 aromatic heterocycles. The summed E-state index contributed by atoms with van der Waals surface area (Å²) in [6.07, 6.45) is -0.535. The highest BCUT2D eigenvalue weighted by atomic mass is 19.1. The molecule has 33 heavy (non-hydrogen) atoms. The molecule has 12 heteroatoms. The smallest absolute Gasteiger partial charge is 0.414 e. The van der Waals surface area contributed by atoms with Gasteiger partial charge in [-0.3, -0.25) is 9.88 Å². The fourth-order valence-electron chi connectivity index (χ4n) is 3.66. The molecule has 4 rings (SSSR count). The molecule has 1 fully saturated rings. The van der Waals surface area contributed by atoms with Gasteiger partial charge in [0.05, 0.1) is 31.6 Å². The predicted octanol–water partition coefficient (Wildman–Crippen LogP) is 3.04. The van der Waals surface area contributed by atoms with E-state index in [1.807, 2.05) is 12.1 Å². The number of hydrazine groups is 1. The first-order chi connectivity index (χ1) is 15.8. The molecule has 1 N–H and O–H groups in total. The number of carbonyl (C=O) groups is 2. The van der Waals surface area contributed by atoms with E-state index in [-0.39, 0.29) is 19.3 Å². The Kier molecular flexibility index (Phi) is 6.09. The van der Waals surface area contributed by atoms with Crippen molar-refractivity contribution in [3.63, 3.8) is 0 Å². The lowest BCUT2D eigenvalue weighted by molar-refractivity contribution is 0.0298. The van der Waals surface area contributed by atoms with Gasteiger partial charge < -0.3 is 14.8 Å². The number of hydrogen-bond donors (Lipinski definition) is 1. The van der Waals surface area contributed by atoms with Crippen molar-refractivity contribution >= 4 is 17.9 Å². The zero-order valence-electron chi connectivity index (χ0n) is 18.6. The van der Waals surface area contributed by atoms with Crippen LogP contribution >= 0.6 is 0 Å². The number of aryl methyl sites for hydroxylation is 1. The number of carbonyl (C=O) groups excluding carboxylic acids is 2. The lowest BCUT2D eigenvalue weighted by atomic mass is 10.0. The second kappa shape index (κ2) is 8.98. The SMILES string of the molecule is COC(=O)NC[C@H]1CN(c2cc(F)c(-c3ccc(C4N=NN(C)N4C)nc3)cc2C)C(=O)O1. The molecule has 3 heterocycles. The van der Waals surface area contributed by atoms with Crippen LogP contribution in [0.15, 0.2) is 40.8 Å². The van der Waals surface area contributed by atoms with E-state index in [2.05, 4.69) is 25.4 Å². The van der Waals surface area contributed by atoms with Crippen molar-refractivity contribution < 1.29 is 23.5 Å². The number of rotatable bonds is 5. The van der Waals surface area contributed by atoms with E-state index in [0.29, 0.717) is 28.1 Å². The number of benzene rings is 1. The third-order valence-corrected chi connectivity index (χ3v) is 5.57. The van der Waals surface area contributed by atoms with Gasteiger partial charge in [0.15, 0.2) is 6.17 Å². The number of methoxy groups -OCH3 is 1. The van der Waals surface area contributed by atoms with Crippen molar-refractivity contribution in [2.24, 2.45) is 10.3 Å². The highest BCUT2D eigenvalue weighted by Crippen LogP contribution is 2.33. The van der Waals surface area contributed by atoms with Gasteiger partial charge in [0.2, 0.25) is 0 Å². The van der Waals surface area contributed by atoms with Gasteiger partial charge in [-0.2, -0.15) is 5.01 Å². The van der Waals surface area contributed by atoms with Crippen LogP contribution in [0.1, 0.15) is 17.4 Å². The normalized spacial score (nSPS) is 20.3. The molecule has 0 aliphatic carbocycles. The summed E-state index contributed by atoms with van der Waals surface area (Å²) in [7, 11) is 4.88. The van der Waals surface area contributed by atoms with Gasteiger partial charge in [0.1, 0.15) is 11.9 Å². The number of nitrogens with zero attached hydrogens (tertiary/aromatic N) is 6. The lowest BCUT2D eigenvalue weighted by Crippen LogP contribution is -2.34. The molecule has 0 radical (unpaired) electrons. The van der Waals surface area contributed by atoms with Gasteiger partial charge in [0, 0.05) is 31.4 Å². The first-order valence-electron chi connectivity index (χ1n) is 10.2. The van der Waals surface area contributed by atoms with E-state index in [1.165, 1.54) is 18.1 Å². The lowest BCUT2D eigenvalue weighted by Gasteiger charge is -2.21. The minimum atomic E-state index is -0.620. The summed E-state index contributed by atoms with van der Waals surface area (Å²) in [5, 5.41) is 14.1. The number of halogens is 1. The molecule has 2 amide bonds. The molecule has 11 nitrogen and oxygen atoms in total. The van der Waals surface area contributed by atoms with Crippen molar-refractivity contribution in [3.05, 3.63) is 47.5 Å². The molecule has 2 aliphatic heterocycles. The van der Waals surface area contributed by atoms with Crippen LogP contribution in [0, 0.1) is 12.7 Å². The maximum atomic E-state index is 15.1. The van der Waals surface area contributed by atoms with Crippen LogP contribution in [0.4, 0.5) is 19.7 Å². The Balaban J connectivity index is 1.51. The topological polar surface area (TPSA) is 112 Å². The van der Waals surface area contributed by atoms with Crippen LogP contribution in [0.2, 0.25) is 0 Å². The fraction of sp³-hybridized carbons (Fsp3) is 0.381. The molecule has 0 spiro atoms. The van der Waals surface area contributed by atoms with Crippen LogP contribution in [-0.4, -0.2) is 67.7 Å². The number of alkyl carbamates (subject to hydrolysis) is 1. The van der Waals surface area contributed by atoms with Crippen LogP contribution in [0.5, 0.6) is 0 Å². The van der Waals surface area contributed by atoms with Crippen molar-refractivity contribution in [3.8, 4) is 11.1 Å². The molecule has 1 saturated heterocycles. The monoisotopic (exact) mass is 457 g/mol. The number of nitrogens with one attached hydrogen (secondary N) is 1. The van der Waals surface area contributed by atoms with Gasteiger partial charge in [-0.1, -0.05) is 11.3 Å². The second-order valence-electron chi connectivity index (χ2n) is 7.72. The Bertz CT molecular complexity index is 1090. The van der Waals surface area contributed by atoms with Gasteiger partial charge in [-0.25, -0.2) is 19.1 Å². The molecular formula is C21H24FN7O4. The van der Waals surface area contributed by atoms with E-state index in [0.717, 1.165) is 0 Å². The number of anilines is 1. The van der Waals surface area contributed by atoms with Gasteiger partial charge in [0.25, 0.3) is 0 Å². The van der Waals surface area contributed by atoms with E-state index < -0.39 is 24.1 Å². The first kappa shape index (κ1) is 22.4. The summed E-state index contributed by atoms with van der Waals surface area (Å²) in [4.78, 5) is 29.4. The molecular weight excluding hydrogens is 433 g/mol. The van der Waals surface area contributed by atoms with Crippen molar-refractivity contribution in [1.29, 1.82) is 0 Å². The highest BCUT2D eigenvalue weighted by molar-refractivity contribution is 5.91. The second-order valence-corrected chi connectivity index (χ2v) is 7.72. The minimum absolute atomic E-state index is 0.0953. The quantitative estimate of drug-likeness (QED) is 0.734. The highest BCUT2D eigenvalue weighted by Gasteiger charge is 2.34. The Hall–Kier alpha value is -3.80. The van der Waals surface area contributed by atoms with Crippen LogP contribution < -0.4 is 10.2 Å². The number of hydrogen-bond acceptors (Lipinski definition) is 9. The zero-order chi connectivity index (χ0) is 23.7. The summed E-state index contributed by atoms with van der Waals surface area (Å²) in [5.41, 5.74) is 2.75. The average Bonchev–Trinajstić information content (AvgIpc) is 3.35. The molecule has 0 saturated carbocycles. The molecule has 174 valence electrons. The average molecular weight is 457 g/mol. The summed E-state index contributed by atoms with van der Waals surface area (Å²) in [6, 6.07) is 6.54. The molecule has 2 aromatic rings. The molecule has 2 aliphatic rings. The van der Waals surface area contributed by atoms with Crippen molar-refractivity contribution in [2.45, 2.75) is 19.2 Å². The minimum Gasteiger partial charge on any atom is -0.453 e. The summed E-state index contributed by atoms with van der Waals surface area (Å²) < 4.78 is 24.9. The van der Waals surface area contributed by atoms with E-state index in [1.54, 1.807) is 43.5 Å². The van der Waals surface area contributed by atoms with Gasteiger partial charge in [-0.05, 0) is 30.7 Å². The van der Waals surface area contributed by atoms with E-state index in [9.17, 15) is 9.59 Å². The Morgan fingerprint density at radius 3 is 2.76 bits per heavy atom. The van der Waals surface area contributed by atoms with Crippen LogP contribution in [0.25, 0.3) is 11.1 Å². The number of amides is 2. The van der Waals surface area contributed by atoms with Gasteiger partial charge >= 0.3 is 12.2 Å². The maximum absolute atomic E-state index is 15.1. The molecule has 2 atom stereocenters. The summed E-state index contributed by atoms with van der Waals surface area (Å²) >= 11 is 0. The van der Waals surface area contributed by atoms with Crippen LogP contribution in [-0.2, 0) is 9.47 Å². The summed E-state index contributed by atoms with van der Waals surface area (Å²) in [6.45, 7) is 2.06. The molecule has 1 unspecified atom stereocenters. The van der Waals surface area contributed by atoms with Crippen LogP contribution in [0.3, 0.4) is 0 Å². The third kappa shape index (κ3) is 4.42. The van der Waals surface area contributed by atoms with Crippen molar-refractivity contribution in [1.82, 2.24) is 20.4 Å². The van der Waals surface area contributed by atoms with E-state index in [4.69, 9.17) is 4.74 Å². The molecule has 0 bridgehead atoms. The standard InChI is InChI=1S/C21H24FN7O4/c1-12-7-15(13-5-6-17(23-9-13)19-25-26-28(3)27(19)2)16(22)8-18(12)29-11-14(33-21(29)31)10-24-20(30)32-4/h5-9,14,19H,10-11H2,1-4H3,(H,24,30)/t14-,19?/m0/s1. The first-order valence-corrected chi connectivity index (χ1v) is 10.2. The third-order valence-electron chi connectivity index (χ3n) is 5.57. The maximum Gasteiger partial charge on any atom is 0.414 e. The Labute approximate surface area is 189 Å². The van der Waals surface area contributed by atoms with Crippen molar-refractivity contribution in [2.75, 3.05) is 39.2 Å².